The van der Waals surface area contributed by atoms with E-state index in [0.717, 1.165) is 18.4 Å². The number of hydrogen-bond donors (Lipinski definition) is 1. The number of aromatic nitrogens is 1. The van der Waals surface area contributed by atoms with Gasteiger partial charge in [-0.05, 0) is 0 Å². The average molecular weight is 272 g/mol. The number of thiazole rings is 1. The monoisotopic (exact) mass is 272 g/mol. The van der Waals surface area contributed by atoms with Gasteiger partial charge in [-0.1, -0.05) is 0 Å². The maximum Gasteiger partial charge on any atom is 0.357 e. The number of carbonyl (C=O) groups excluding carboxylic acids is 1. The predicted molar refractivity (Wildman–Crippen MR) is 52.9 cm³/mol. The number of ether oxygens (including phenoxy) is 1. The molecule has 96 valence electrons. The average Bonchev–Trinajstić information content (AvgIpc) is 2.74. The quantitative estimate of drug-likeness (QED) is 0.659. The van der Waals surface area contributed by atoms with E-state index in [-0.39, 0.29) is 10.8 Å². The molecular weight excluding hydrogens is 264 g/mol. The molecule has 0 amide bonds. The van der Waals surface area contributed by atoms with Crippen LogP contribution < -0.4 is 5.32 Å². The number of esters is 1. The second kappa shape index (κ2) is 5.30. The summed E-state index contributed by atoms with van der Waals surface area (Å²) in [5, 5.41) is 3.26. The van der Waals surface area contributed by atoms with Crippen LogP contribution in [-0.4, -0.2) is 37.0 Å². The van der Waals surface area contributed by atoms with Crippen LogP contribution in [0.4, 0.5) is 22.7 Å². The molecule has 0 aliphatic heterocycles. The molecule has 1 rings (SSSR count). The zero-order valence-electron chi connectivity index (χ0n) is 8.55. The molecule has 0 aliphatic rings. The fourth-order valence-corrected chi connectivity index (χ4v) is 1.50. The molecule has 4 nitrogen and oxygen atoms in total. The van der Waals surface area contributed by atoms with Crippen molar-refractivity contribution in [2.75, 3.05) is 19.0 Å². The van der Waals surface area contributed by atoms with Gasteiger partial charge in [0.1, 0.15) is 0 Å². The van der Waals surface area contributed by atoms with Crippen molar-refractivity contribution in [3.05, 3.63) is 11.1 Å². The summed E-state index contributed by atoms with van der Waals surface area (Å²) >= 11 is 0.844. The summed E-state index contributed by atoms with van der Waals surface area (Å²) in [5.41, 5.74) is -0.0691. The molecule has 1 N–H and O–H groups in total. The van der Waals surface area contributed by atoms with Crippen LogP contribution >= 0.6 is 11.3 Å². The van der Waals surface area contributed by atoms with Crippen molar-refractivity contribution >= 4 is 22.4 Å². The Hall–Kier alpha value is -1.38. The summed E-state index contributed by atoms with van der Waals surface area (Å²) in [6.07, 6.45) is -3.75. The van der Waals surface area contributed by atoms with Gasteiger partial charge in [-0.15, -0.1) is 11.3 Å². The first-order chi connectivity index (χ1) is 7.86. The molecule has 0 aliphatic carbocycles. The minimum atomic E-state index is -4.14. The number of halogens is 4. The molecule has 1 aromatic rings. The number of nitrogens with zero attached hydrogens (tertiary/aromatic N) is 1. The van der Waals surface area contributed by atoms with E-state index in [1.54, 1.807) is 0 Å². The molecule has 0 unspecified atom stereocenters. The smallest absolute Gasteiger partial charge is 0.357 e. The third-order valence-electron chi connectivity index (χ3n) is 1.69. The van der Waals surface area contributed by atoms with Crippen LogP contribution in [-0.2, 0) is 4.74 Å². The Bertz CT molecular complexity index is 397. The first-order valence-corrected chi connectivity index (χ1v) is 5.18. The number of alkyl halides is 4. The molecule has 0 aromatic carbocycles. The van der Waals surface area contributed by atoms with Crippen molar-refractivity contribution in [3.8, 4) is 0 Å². The highest BCUT2D eigenvalue weighted by molar-refractivity contribution is 7.13. The van der Waals surface area contributed by atoms with E-state index in [9.17, 15) is 22.4 Å². The molecule has 0 atom stereocenters. The summed E-state index contributed by atoms with van der Waals surface area (Å²) < 4.78 is 53.1. The Kier molecular flexibility index (Phi) is 4.27. The van der Waals surface area contributed by atoms with Crippen molar-refractivity contribution in [1.82, 2.24) is 4.98 Å². The molecule has 9 heteroatoms. The van der Waals surface area contributed by atoms with Gasteiger partial charge in [0.15, 0.2) is 10.8 Å². The van der Waals surface area contributed by atoms with Crippen LogP contribution in [0.5, 0.6) is 0 Å². The summed E-state index contributed by atoms with van der Waals surface area (Å²) in [6, 6.07) is 0. The van der Waals surface area contributed by atoms with E-state index in [1.165, 1.54) is 5.38 Å². The first-order valence-electron chi connectivity index (χ1n) is 4.30. The minimum Gasteiger partial charge on any atom is -0.464 e. The van der Waals surface area contributed by atoms with Crippen molar-refractivity contribution in [1.29, 1.82) is 0 Å². The summed E-state index contributed by atoms with van der Waals surface area (Å²) in [7, 11) is 1.14. The van der Waals surface area contributed by atoms with Crippen LogP contribution in [0.1, 0.15) is 10.5 Å². The van der Waals surface area contributed by atoms with Gasteiger partial charge in [0.25, 0.3) is 0 Å². The van der Waals surface area contributed by atoms with Gasteiger partial charge in [0.05, 0.1) is 13.7 Å². The second-order valence-corrected chi connectivity index (χ2v) is 3.80. The fourth-order valence-electron chi connectivity index (χ4n) is 0.824. The molecule has 0 bridgehead atoms. The maximum absolute atomic E-state index is 12.5. The van der Waals surface area contributed by atoms with E-state index >= 15 is 0 Å². The largest absolute Gasteiger partial charge is 0.464 e. The highest BCUT2D eigenvalue weighted by Gasteiger charge is 2.40. The first kappa shape index (κ1) is 13.7. The van der Waals surface area contributed by atoms with Gasteiger partial charge in [-0.2, -0.15) is 8.78 Å². The van der Waals surface area contributed by atoms with Gasteiger partial charge >= 0.3 is 18.3 Å². The number of methoxy groups -OCH3 is 1. The number of nitrogens with one attached hydrogen (secondary N) is 1. The standard InChI is InChI=1S/C8H8F4N2O2S/c1-16-5(15)4-2-17-7(14-4)13-3-8(11,12)6(9)10/h2,6H,3H2,1H3,(H,13,14). The third kappa shape index (κ3) is 3.55. The van der Waals surface area contributed by atoms with Gasteiger partial charge < -0.3 is 10.1 Å². The van der Waals surface area contributed by atoms with Crippen molar-refractivity contribution < 1.29 is 27.1 Å². The highest BCUT2D eigenvalue weighted by atomic mass is 32.1. The lowest BCUT2D eigenvalue weighted by atomic mass is 10.3. The summed E-state index contributed by atoms with van der Waals surface area (Å²) in [5.74, 6) is -4.87. The van der Waals surface area contributed by atoms with Crippen LogP contribution in [0.3, 0.4) is 0 Å². The van der Waals surface area contributed by atoms with Crippen LogP contribution in [0, 0.1) is 0 Å². The van der Waals surface area contributed by atoms with E-state index in [1.807, 2.05) is 5.32 Å². The van der Waals surface area contributed by atoms with Gasteiger partial charge in [-0.3, -0.25) is 0 Å². The zero-order chi connectivity index (χ0) is 13.1. The third-order valence-corrected chi connectivity index (χ3v) is 2.49. The van der Waals surface area contributed by atoms with Crippen molar-refractivity contribution in [2.24, 2.45) is 0 Å². The molecule has 0 fully saturated rings. The molecule has 0 saturated carbocycles. The highest BCUT2D eigenvalue weighted by Crippen LogP contribution is 2.24. The van der Waals surface area contributed by atoms with Crippen LogP contribution in [0.15, 0.2) is 5.38 Å². The zero-order valence-corrected chi connectivity index (χ0v) is 9.36. The lowest BCUT2D eigenvalue weighted by molar-refractivity contribution is -0.117. The van der Waals surface area contributed by atoms with E-state index in [2.05, 4.69) is 9.72 Å². The minimum absolute atomic E-state index is 0.0503. The summed E-state index contributed by atoms with van der Waals surface area (Å²) in [4.78, 5) is 14.6. The van der Waals surface area contributed by atoms with Crippen molar-refractivity contribution in [3.63, 3.8) is 0 Å². The van der Waals surface area contributed by atoms with Crippen molar-refractivity contribution in [2.45, 2.75) is 12.3 Å². The fraction of sp³-hybridized carbons (Fsp3) is 0.500. The second-order valence-electron chi connectivity index (χ2n) is 2.94. The molecule has 17 heavy (non-hydrogen) atoms. The number of anilines is 1. The molecule has 1 aromatic heterocycles. The lowest BCUT2D eigenvalue weighted by Crippen LogP contribution is -2.34. The SMILES string of the molecule is COC(=O)c1csc(NCC(F)(F)C(F)F)n1. The van der Waals surface area contributed by atoms with Crippen LogP contribution in [0.25, 0.3) is 0 Å². The molecule has 0 radical (unpaired) electrons. The van der Waals surface area contributed by atoms with Gasteiger partial charge in [0, 0.05) is 5.38 Å². The molecule has 1 heterocycles. The van der Waals surface area contributed by atoms with E-state index in [0.29, 0.717) is 0 Å². The Balaban J connectivity index is 2.59. The molecule has 0 saturated heterocycles. The Morgan fingerprint density at radius 3 is 2.82 bits per heavy atom. The topological polar surface area (TPSA) is 51.2 Å². The number of rotatable bonds is 5. The summed E-state index contributed by atoms with van der Waals surface area (Å²) in [6.45, 7) is -1.25. The molecular formula is C8H8F4N2O2S. The Labute approximate surface area is 97.6 Å². The number of carbonyl (C=O) groups is 1. The predicted octanol–water partition coefficient (Wildman–Crippen LogP) is 2.24. The van der Waals surface area contributed by atoms with E-state index in [4.69, 9.17) is 0 Å². The maximum atomic E-state index is 12.5. The Morgan fingerprint density at radius 1 is 1.65 bits per heavy atom. The lowest BCUT2D eigenvalue weighted by Gasteiger charge is -2.14. The molecule has 0 spiro atoms. The van der Waals surface area contributed by atoms with E-state index < -0.39 is 24.9 Å². The van der Waals surface area contributed by atoms with Crippen LogP contribution in [0.2, 0.25) is 0 Å². The van der Waals surface area contributed by atoms with Gasteiger partial charge in [-0.25, -0.2) is 18.6 Å². The normalized spacial score (nSPS) is 11.6. The van der Waals surface area contributed by atoms with Gasteiger partial charge in [0.2, 0.25) is 0 Å². The number of hydrogen-bond acceptors (Lipinski definition) is 5. The Morgan fingerprint density at radius 2 is 2.29 bits per heavy atom.